The maximum Gasteiger partial charge on any atom is 0.267 e. The van der Waals surface area contributed by atoms with Gasteiger partial charge in [0.1, 0.15) is 17.5 Å². The van der Waals surface area contributed by atoms with Crippen molar-refractivity contribution in [2.24, 2.45) is 0 Å². The molecule has 20 heavy (non-hydrogen) atoms. The number of aromatic nitrogens is 1. The topological polar surface area (TPSA) is 88.9 Å². The third kappa shape index (κ3) is 3.05. The Morgan fingerprint density at radius 1 is 1.40 bits per heavy atom. The van der Waals surface area contributed by atoms with E-state index in [-0.39, 0.29) is 12.5 Å². The molecule has 0 radical (unpaired) electrons. The standard InChI is InChI=1S/C15H15N3O2/c1-10-4-2-3-5-12(10)14(19)9-17-15(20)13-7-6-11(8-16)18-13/h2-7,14,18-19H,9H2,1H3,(H,17,20). The highest BCUT2D eigenvalue weighted by atomic mass is 16.3. The van der Waals surface area contributed by atoms with Gasteiger partial charge in [-0.05, 0) is 30.2 Å². The number of amides is 1. The summed E-state index contributed by atoms with van der Waals surface area (Å²) in [5.74, 6) is -0.348. The molecule has 1 unspecified atom stereocenters. The Labute approximate surface area is 116 Å². The molecular formula is C15H15N3O2. The van der Waals surface area contributed by atoms with Crippen LogP contribution < -0.4 is 5.32 Å². The van der Waals surface area contributed by atoms with Crippen LogP contribution in [0.3, 0.4) is 0 Å². The quantitative estimate of drug-likeness (QED) is 0.788. The second-order valence-corrected chi connectivity index (χ2v) is 4.48. The first-order chi connectivity index (χ1) is 9.61. The number of rotatable bonds is 4. The molecule has 5 heteroatoms. The second kappa shape index (κ2) is 6.04. The number of aliphatic hydroxyl groups excluding tert-OH is 1. The van der Waals surface area contributed by atoms with E-state index in [1.807, 2.05) is 37.3 Å². The number of aliphatic hydroxyl groups is 1. The van der Waals surface area contributed by atoms with Gasteiger partial charge in [-0.25, -0.2) is 0 Å². The summed E-state index contributed by atoms with van der Waals surface area (Å²) in [6.45, 7) is 2.02. The molecule has 0 bridgehead atoms. The molecule has 0 saturated heterocycles. The number of aryl methyl sites for hydroxylation is 1. The summed E-state index contributed by atoms with van der Waals surface area (Å²) in [6, 6.07) is 12.5. The average Bonchev–Trinajstić information content (AvgIpc) is 2.94. The van der Waals surface area contributed by atoms with Crippen LogP contribution in [-0.4, -0.2) is 22.5 Å². The van der Waals surface area contributed by atoms with E-state index >= 15 is 0 Å². The summed E-state index contributed by atoms with van der Waals surface area (Å²) in [6.07, 6.45) is -0.759. The first-order valence-electron chi connectivity index (χ1n) is 6.22. The van der Waals surface area contributed by atoms with Gasteiger partial charge in [0, 0.05) is 6.54 Å². The number of hydrogen-bond donors (Lipinski definition) is 3. The molecule has 3 N–H and O–H groups in total. The van der Waals surface area contributed by atoms with E-state index in [0.717, 1.165) is 11.1 Å². The maximum atomic E-state index is 11.8. The minimum Gasteiger partial charge on any atom is -0.387 e. The number of nitriles is 1. The zero-order chi connectivity index (χ0) is 14.5. The van der Waals surface area contributed by atoms with E-state index in [9.17, 15) is 9.90 Å². The Bertz CT molecular complexity index is 655. The smallest absolute Gasteiger partial charge is 0.267 e. The van der Waals surface area contributed by atoms with Crippen LogP contribution in [0.2, 0.25) is 0 Å². The SMILES string of the molecule is Cc1ccccc1C(O)CNC(=O)c1ccc(C#N)[nH]1. The third-order valence-corrected chi connectivity index (χ3v) is 3.05. The van der Waals surface area contributed by atoms with E-state index in [1.165, 1.54) is 12.1 Å². The fraction of sp³-hybridized carbons (Fsp3) is 0.200. The molecule has 0 fully saturated rings. The van der Waals surface area contributed by atoms with Crippen molar-refractivity contribution in [2.75, 3.05) is 6.54 Å². The van der Waals surface area contributed by atoms with Crippen molar-refractivity contribution in [1.29, 1.82) is 5.26 Å². The van der Waals surface area contributed by atoms with Crippen LogP contribution in [0, 0.1) is 18.3 Å². The molecule has 1 atom stereocenters. The summed E-state index contributed by atoms with van der Waals surface area (Å²) in [7, 11) is 0. The number of H-pyrrole nitrogens is 1. The molecule has 0 spiro atoms. The molecule has 0 aliphatic heterocycles. The van der Waals surface area contributed by atoms with Crippen molar-refractivity contribution in [3.8, 4) is 6.07 Å². The van der Waals surface area contributed by atoms with E-state index in [4.69, 9.17) is 5.26 Å². The average molecular weight is 269 g/mol. The van der Waals surface area contributed by atoms with Gasteiger partial charge in [0.25, 0.3) is 5.91 Å². The van der Waals surface area contributed by atoms with Crippen LogP contribution >= 0.6 is 0 Å². The zero-order valence-electron chi connectivity index (χ0n) is 11.1. The molecule has 1 heterocycles. The van der Waals surface area contributed by atoms with Gasteiger partial charge in [0.15, 0.2) is 0 Å². The van der Waals surface area contributed by atoms with Crippen molar-refractivity contribution in [2.45, 2.75) is 13.0 Å². The molecule has 1 aromatic carbocycles. The van der Waals surface area contributed by atoms with Crippen molar-refractivity contribution in [3.63, 3.8) is 0 Å². The molecule has 2 rings (SSSR count). The Hall–Kier alpha value is -2.58. The molecule has 102 valence electrons. The summed E-state index contributed by atoms with van der Waals surface area (Å²) in [5, 5.41) is 21.4. The normalized spacial score (nSPS) is 11.7. The second-order valence-electron chi connectivity index (χ2n) is 4.48. The van der Waals surface area contributed by atoms with E-state index in [0.29, 0.717) is 11.4 Å². The van der Waals surface area contributed by atoms with Crippen LogP contribution in [0.5, 0.6) is 0 Å². The van der Waals surface area contributed by atoms with Gasteiger partial charge in [-0.1, -0.05) is 24.3 Å². The van der Waals surface area contributed by atoms with Gasteiger partial charge in [0.2, 0.25) is 0 Å². The number of benzene rings is 1. The van der Waals surface area contributed by atoms with E-state index < -0.39 is 6.10 Å². The number of nitrogens with zero attached hydrogens (tertiary/aromatic N) is 1. The molecule has 1 aromatic heterocycles. The summed E-state index contributed by atoms with van der Waals surface area (Å²) in [4.78, 5) is 14.5. The van der Waals surface area contributed by atoms with E-state index in [1.54, 1.807) is 0 Å². The van der Waals surface area contributed by atoms with Crippen LogP contribution in [0.4, 0.5) is 0 Å². The highest BCUT2D eigenvalue weighted by Gasteiger charge is 2.13. The van der Waals surface area contributed by atoms with Crippen LogP contribution in [0.15, 0.2) is 36.4 Å². The first-order valence-corrected chi connectivity index (χ1v) is 6.22. The Morgan fingerprint density at radius 2 is 2.15 bits per heavy atom. The monoisotopic (exact) mass is 269 g/mol. The molecule has 0 saturated carbocycles. The van der Waals surface area contributed by atoms with Gasteiger partial charge < -0.3 is 15.4 Å². The minimum atomic E-state index is -0.759. The van der Waals surface area contributed by atoms with Gasteiger partial charge in [-0.3, -0.25) is 4.79 Å². The molecule has 5 nitrogen and oxygen atoms in total. The van der Waals surface area contributed by atoms with E-state index in [2.05, 4.69) is 10.3 Å². The summed E-state index contributed by atoms with van der Waals surface area (Å²) < 4.78 is 0. The van der Waals surface area contributed by atoms with Crippen LogP contribution in [0.1, 0.15) is 33.4 Å². The van der Waals surface area contributed by atoms with Crippen molar-refractivity contribution in [3.05, 3.63) is 58.9 Å². The number of carbonyl (C=O) groups is 1. The minimum absolute atomic E-state index is 0.116. The van der Waals surface area contributed by atoms with Crippen molar-refractivity contribution >= 4 is 5.91 Å². The predicted molar refractivity (Wildman–Crippen MR) is 74.0 cm³/mol. The Morgan fingerprint density at radius 3 is 2.80 bits per heavy atom. The van der Waals surface area contributed by atoms with Crippen molar-refractivity contribution < 1.29 is 9.90 Å². The summed E-state index contributed by atoms with van der Waals surface area (Å²) >= 11 is 0. The number of aromatic amines is 1. The van der Waals surface area contributed by atoms with Crippen LogP contribution in [0.25, 0.3) is 0 Å². The third-order valence-electron chi connectivity index (χ3n) is 3.05. The number of carbonyl (C=O) groups excluding carboxylic acids is 1. The van der Waals surface area contributed by atoms with Gasteiger partial charge >= 0.3 is 0 Å². The number of nitrogens with one attached hydrogen (secondary N) is 2. The largest absolute Gasteiger partial charge is 0.387 e. The Balaban J connectivity index is 1.97. The highest BCUT2D eigenvalue weighted by Crippen LogP contribution is 2.16. The molecule has 1 amide bonds. The lowest BCUT2D eigenvalue weighted by Gasteiger charge is -2.14. The molecule has 0 aliphatic rings. The zero-order valence-corrected chi connectivity index (χ0v) is 11.1. The fourth-order valence-corrected chi connectivity index (χ4v) is 1.95. The van der Waals surface area contributed by atoms with Crippen LogP contribution in [-0.2, 0) is 0 Å². The Kier molecular flexibility index (Phi) is 4.18. The van der Waals surface area contributed by atoms with Gasteiger partial charge in [0.05, 0.1) is 6.10 Å². The number of hydrogen-bond acceptors (Lipinski definition) is 3. The van der Waals surface area contributed by atoms with Crippen molar-refractivity contribution in [1.82, 2.24) is 10.3 Å². The maximum absolute atomic E-state index is 11.8. The highest BCUT2D eigenvalue weighted by molar-refractivity contribution is 5.92. The lowest BCUT2D eigenvalue weighted by Crippen LogP contribution is -2.28. The van der Waals surface area contributed by atoms with Gasteiger partial charge in [-0.2, -0.15) is 5.26 Å². The summed E-state index contributed by atoms with van der Waals surface area (Å²) in [5.41, 5.74) is 2.39. The lowest BCUT2D eigenvalue weighted by molar-refractivity contribution is 0.0911. The fourth-order valence-electron chi connectivity index (χ4n) is 1.95. The first kappa shape index (κ1) is 13.8. The molecule has 2 aromatic rings. The molecule has 0 aliphatic carbocycles. The lowest BCUT2D eigenvalue weighted by atomic mass is 10.0. The molecular weight excluding hydrogens is 254 g/mol. The predicted octanol–water partition coefficient (Wildman–Crippen LogP) is 1.66. The van der Waals surface area contributed by atoms with Gasteiger partial charge in [-0.15, -0.1) is 0 Å².